The minimum absolute atomic E-state index is 0.0284. The largest absolute Gasteiger partial charge is 0.507 e. The highest BCUT2D eigenvalue weighted by Gasteiger charge is 2.29. The maximum absolute atomic E-state index is 13.2. The molecule has 1 aromatic carbocycles. The summed E-state index contributed by atoms with van der Waals surface area (Å²) in [6.07, 6.45) is 4.12. The minimum atomic E-state index is -0.519. The Kier molecular flexibility index (Phi) is 4.00. The highest BCUT2D eigenvalue weighted by Crippen LogP contribution is 2.45. The van der Waals surface area contributed by atoms with Gasteiger partial charge in [-0.1, -0.05) is 35.4 Å². The van der Waals surface area contributed by atoms with Gasteiger partial charge in [-0.2, -0.15) is 0 Å². The van der Waals surface area contributed by atoms with Crippen LogP contribution in [0, 0.1) is 11.7 Å². The Morgan fingerprint density at radius 3 is 2.74 bits per heavy atom. The fourth-order valence-electron chi connectivity index (χ4n) is 2.81. The van der Waals surface area contributed by atoms with E-state index in [0.29, 0.717) is 5.56 Å². The first-order chi connectivity index (χ1) is 8.90. The van der Waals surface area contributed by atoms with Crippen LogP contribution in [0.5, 0.6) is 5.75 Å². The molecule has 1 aromatic rings. The normalized spacial score (nSPS) is 23.1. The number of rotatable bonds is 2. The maximum atomic E-state index is 13.2. The molecule has 0 heterocycles. The number of phenols is 1. The summed E-state index contributed by atoms with van der Waals surface area (Å²) in [6, 6.07) is 2.37. The lowest BCUT2D eigenvalue weighted by Crippen LogP contribution is -2.17. The molecule has 1 aliphatic rings. The fraction of sp³-hybridized carbons (Fsp3) is 0.375. The number of allylic oxidation sites excluding steroid dienone is 3. The van der Waals surface area contributed by atoms with Gasteiger partial charge in [0.05, 0.1) is 5.02 Å². The summed E-state index contributed by atoms with van der Waals surface area (Å²) in [4.78, 5) is 0. The number of halogens is 2. The Hall–Kier alpha value is -1.28. The Bertz CT molecular complexity index is 525. The molecule has 2 atom stereocenters. The minimum Gasteiger partial charge on any atom is -0.507 e. The molecule has 0 radical (unpaired) electrons. The van der Waals surface area contributed by atoms with Crippen LogP contribution < -0.4 is 0 Å². The van der Waals surface area contributed by atoms with Gasteiger partial charge in [-0.3, -0.25) is 0 Å². The number of hydrogen-bond acceptors (Lipinski definition) is 1. The van der Waals surface area contributed by atoms with E-state index in [1.54, 1.807) is 0 Å². The van der Waals surface area contributed by atoms with Crippen molar-refractivity contribution in [1.82, 2.24) is 0 Å². The second-order valence-corrected chi connectivity index (χ2v) is 5.76. The van der Waals surface area contributed by atoms with E-state index in [4.69, 9.17) is 11.6 Å². The average molecular weight is 281 g/mol. The summed E-state index contributed by atoms with van der Waals surface area (Å²) in [5.74, 6) is -0.390. The standard InChI is InChI=1S/C16H18ClFO/c1-9(2)12-5-4-10(3)6-13(12)16-14(17)7-11(18)8-15(16)19/h6-8,12-13,19H,1,4-5H2,2-3H3. The van der Waals surface area contributed by atoms with Gasteiger partial charge in [-0.15, -0.1) is 0 Å². The predicted molar refractivity (Wildman–Crippen MR) is 77.1 cm³/mol. The molecule has 0 bridgehead atoms. The number of hydrogen-bond donors (Lipinski definition) is 1. The number of benzene rings is 1. The third kappa shape index (κ3) is 2.84. The predicted octanol–water partition coefficient (Wildman–Crippen LogP) is 5.20. The Balaban J connectivity index is 2.54. The van der Waals surface area contributed by atoms with Crippen molar-refractivity contribution >= 4 is 11.6 Å². The summed E-state index contributed by atoms with van der Waals surface area (Å²) in [7, 11) is 0. The van der Waals surface area contributed by atoms with Gasteiger partial charge in [-0.25, -0.2) is 4.39 Å². The van der Waals surface area contributed by atoms with Crippen molar-refractivity contribution in [3.05, 3.63) is 52.3 Å². The van der Waals surface area contributed by atoms with Gasteiger partial charge in [0.15, 0.2) is 0 Å². The van der Waals surface area contributed by atoms with Crippen molar-refractivity contribution in [2.24, 2.45) is 5.92 Å². The van der Waals surface area contributed by atoms with Gasteiger partial charge in [0.1, 0.15) is 11.6 Å². The van der Waals surface area contributed by atoms with Gasteiger partial charge < -0.3 is 5.11 Å². The van der Waals surface area contributed by atoms with Crippen LogP contribution in [-0.2, 0) is 0 Å². The van der Waals surface area contributed by atoms with Gasteiger partial charge in [-0.05, 0) is 38.7 Å². The van der Waals surface area contributed by atoms with Crippen LogP contribution in [0.2, 0.25) is 5.02 Å². The monoisotopic (exact) mass is 280 g/mol. The van der Waals surface area contributed by atoms with Crippen LogP contribution in [0.25, 0.3) is 0 Å². The van der Waals surface area contributed by atoms with E-state index < -0.39 is 5.82 Å². The van der Waals surface area contributed by atoms with Crippen molar-refractivity contribution < 1.29 is 9.50 Å². The molecule has 0 aliphatic heterocycles. The summed E-state index contributed by atoms with van der Waals surface area (Å²) in [5, 5.41) is 10.3. The smallest absolute Gasteiger partial charge is 0.128 e. The third-order valence-corrected chi connectivity index (χ3v) is 4.10. The molecule has 19 heavy (non-hydrogen) atoms. The zero-order valence-corrected chi connectivity index (χ0v) is 12.0. The summed E-state index contributed by atoms with van der Waals surface area (Å²) in [5.41, 5.74) is 2.94. The van der Waals surface area contributed by atoms with E-state index in [1.807, 2.05) is 6.92 Å². The first-order valence-corrected chi connectivity index (χ1v) is 6.78. The van der Waals surface area contributed by atoms with Crippen molar-refractivity contribution in [3.8, 4) is 5.75 Å². The van der Waals surface area contributed by atoms with E-state index in [-0.39, 0.29) is 22.6 Å². The van der Waals surface area contributed by atoms with Gasteiger partial charge in [0, 0.05) is 17.5 Å². The zero-order chi connectivity index (χ0) is 14.2. The topological polar surface area (TPSA) is 20.2 Å². The van der Waals surface area contributed by atoms with Crippen LogP contribution in [0.4, 0.5) is 4.39 Å². The van der Waals surface area contributed by atoms with Crippen LogP contribution >= 0.6 is 11.6 Å². The third-order valence-electron chi connectivity index (χ3n) is 3.79. The Labute approximate surface area is 118 Å². The van der Waals surface area contributed by atoms with E-state index in [1.165, 1.54) is 11.6 Å². The van der Waals surface area contributed by atoms with Crippen LogP contribution in [0.1, 0.15) is 38.2 Å². The molecule has 3 heteroatoms. The molecule has 2 rings (SSSR count). The second-order valence-electron chi connectivity index (χ2n) is 5.35. The lowest BCUT2D eigenvalue weighted by molar-refractivity contribution is 0.433. The van der Waals surface area contributed by atoms with Crippen molar-refractivity contribution in [2.45, 2.75) is 32.6 Å². The molecular formula is C16H18ClFO. The Morgan fingerprint density at radius 1 is 1.47 bits per heavy atom. The molecule has 0 aromatic heterocycles. The molecule has 0 amide bonds. The second kappa shape index (κ2) is 5.38. The van der Waals surface area contributed by atoms with Gasteiger partial charge in [0.25, 0.3) is 0 Å². The molecular weight excluding hydrogens is 263 g/mol. The molecule has 2 unspecified atom stereocenters. The first-order valence-electron chi connectivity index (χ1n) is 6.40. The molecule has 0 saturated heterocycles. The van der Waals surface area contributed by atoms with Crippen molar-refractivity contribution in [2.75, 3.05) is 0 Å². The Morgan fingerprint density at radius 2 is 2.16 bits per heavy atom. The van der Waals surface area contributed by atoms with E-state index in [2.05, 4.69) is 19.6 Å². The molecule has 0 spiro atoms. The molecule has 0 fully saturated rings. The lowest BCUT2D eigenvalue weighted by Gasteiger charge is -2.31. The summed E-state index contributed by atoms with van der Waals surface area (Å²) >= 11 is 6.13. The highest BCUT2D eigenvalue weighted by atomic mass is 35.5. The molecule has 102 valence electrons. The maximum Gasteiger partial charge on any atom is 0.128 e. The van der Waals surface area contributed by atoms with Crippen molar-refractivity contribution in [3.63, 3.8) is 0 Å². The van der Waals surface area contributed by atoms with E-state index in [0.717, 1.165) is 24.5 Å². The van der Waals surface area contributed by atoms with Crippen LogP contribution in [0.3, 0.4) is 0 Å². The van der Waals surface area contributed by atoms with Crippen molar-refractivity contribution in [1.29, 1.82) is 0 Å². The van der Waals surface area contributed by atoms with E-state index in [9.17, 15) is 9.50 Å². The zero-order valence-electron chi connectivity index (χ0n) is 11.2. The molecule has 0 saturated carbocycles. The molecule has 1 N–H and O–H groups in total. The van der Waals surface area contributed by atoms with Gasteiger partial charge >= 0.3 is 0 Å². The quantitative estimate of drug-likeness (QED) is 0.738. The lowest BCUT2D eigenvalue weighted by atomic mass is 9.74. The van der Waals surface area contributed by atoms with E-state index >= 15 is 0 Å². The average Bonchev–Trinajstić information content (AvgIpc) is 2.27. The van der Waals surface area contributed by atoms with Crippen LogP contribution in [-0.4, -0.2) is 5.11 Å². The highest BCUT2D eigenvalue weighted by molar-refractivity contribution is 6.31. The summed E-state index contributed by atoms with van der Waals surface area (Å²) in [6.45, 7) is 8.08. The van der Waals surface area contributed by atoms with Crippen LogP contribution in [0.15, 0.2) is 35.9 Å². The summed E-state index contributed by atoms with van der Waals surface area (Å²) < 4.78 is 13.2. The fourth-order valence-corrected chi connectivity index (χ4v) is 3.13. The number of aromatic hydroxyl groups is 1. The SMILES string of the molecule is C=C(C)C1CCC(C)=CC1c1c(O)cc(F)cc1Cl. The molecule has 1 nitrogen and oxygen atoms in total. The number of phenolic OH excluding ortho intramolecular Hbond substituents is 1. The van der Waals surface area contributed by atoms with Gasteiger partial charge in [0.2, 0.25) is 0 Å². The first kappa shape index (κ1) is 14.1. The molecule has 1 aliphatic carbocycles.